The summed E-state index contributed by atoms with van der Waals surface area (Å²) in [5.74, 6) is 2.45. The molecule has 0 radical (unpaired) electrons. The number of amides is 1. The van der Waals surface area contributed by atoms with Crippen LogP contribution in [0.4, 0.5) is 5.69 Å². The third kappa shape index (κ3) is 5.25. The van der Waals surface area contributed by atoms with E-state index in [1.54, 1.807) is 6.20 Å². The third-order valence-electron chi connectivity index (χ3n) is 6.29. The minimum Gasteiger partial charge on any atom is -0.457 e. The van der Waals surface area contributed by atoms with Gasteiger partial charge in [0.05, 0.1) is 0 Å². The molecule has 4 aromatic rings. The van der Waals surface area contributed by atoms with Crippen molar-refractivity contribution >= 4 is 24.0 Å². The number of hydrogen-bond donors (Lipinski definition) is 2. The van der Waals surface area contributed by atoms with Gasteiger partial charge < -0.3 is 15.0 Å². The molecular formula is C29H30ClN3O2. The number of hydrogen-bond acceptors (Lipinski definition) is 3. The molecule has 0 atom stereocenters. The van der Waals surface area contributed by atoms with Crippen LogP contribution in [0.2, 0.25) is 0 Å². The van der Waals surface area contributed by atoms with Crippen LogP contribution in [-0.4, -0.2) is 15.9 Å². The molecular weight excluding hydrogens is 458 g/mol. The van der Waals surface area contributed by atoms with Gasteiger partial charge in [0.15, 0.2) is 0 Å². The molecule has 1 aromatic heterocycles. The van der Waals surface area contributed by atoms with Crippen molar-refractivity contribution in [3.63, 3.8) is 0 Å². The van der Waals surface area contributed by atoms with E-state index in [1.807, 2.05) is 54.7 Å². The molecule has 5 rings (SSSR count). The van der Waals surface area contributed by atoms with E-state index in [9.17, 15) is 4.79 Å². The third-order valence-corrected chi connectivity index (χ3v) is 6.29. The molecule has 6 heteroatoms. The molecule has 180 valence electrons. The minimum atomic E-state index is -0.107. The van der Waals surface area contributed by atoms with Crippen molar-refractivity contribution in [2.45, 2.75) is 44.9 Å². The van der Waals surface area contributed by atoms with Crippen LogP contribution >= 0.6 is 12.4 Å². The molecule has 3 aromatic carbocycles. The summed E-state index contributed by atoms with van der Waals surface area (Å²) in [5.41, 5.74) is 5.04. The van der Waals surface area contributed by atoms with Crippen molar-refractivity contribution in [2.24, 2.45) is 0 Å². The Morgan fingerprint density at radius 1 is 1.00 bits per heavy atom. The molecule has 2 N–H and O–H groups in total. The summed E-state index contributed by atoms with van der Waals surface area (Å²) in [6, 6.07) is 22.3. The molecule has 1 amide bonds. The Morgan fingerprint density at radius 2 is 1.66 bits per heavy atom. The normalized spacial score (nSPS) is 12.7. The van der Waals surface area contributed by atoms with E-state index in [-0.39, 0.29) is 29.6 Å². The quantitative estimate of drug-likeness (QED) is 0.319. The monoisotopic (exact) mass is 487 g/mol. The number of aromatic nitrogens is 2. The number of aromatic amines is 1. The molecule has 0 saturated heterocycles. The first-order chi connectivity index (χ1) is 16.4. The fraction of sp³-hybridized carbons (Fsp3) is 0.241. The van der Waals surface area contributed by atoms with Crippen molar-refractivity contribution in [1.29, 1.82) is 0 Å². The second-order valence-electron chi connectivity index (χ2n) is 9.83. The van der Waals surface area contributed by atoms with Crippen molar-refractivity contribution in [1.82, 2.24) is 9.97 Å². The molecule has 0 fully saturated rings. The van der Waals surface area contributed by atoms with Gasteiger partial charge in [-0.2, -0.15) is 0 Å². The van der Waals surface area contributed by atoms with Gasteiger partial charge in [-0.1, -0.05) is 69.3 Å². The van der Waals surface area contributed by atoms with Crippen LogP contribution in [0.1, 0.15) is 61.2 Å². The average Bonchev–Trinajstić information content (AvgIpc) is 3.31. The van der Waals surface area contributed by atoms with Crippen molar-refractivity contribution in [3.8, 4) is 11.5 Å². The number of carbonyl (C=O) groups excluding carboxylic acids is 1. The second kappa shape index (κ2) is 9.96. The lowest BCUT2D eigenvalue weighted by molar-refractivity contribution is -0.116. The van der Waals surface area contributed by atoms with Gasteiger partial charge in [-0.25, -0.2) is 4.98 Å². The van der Waals surface area contributed by atoms with Crippen LogP contribution < -0.4 is 10.1 Å². The highest BCUT2D eigenvalue weighted by atomic mass is 35.5. The summed E-state index contributed by atoms with van der Waals surface area (Å²) < 4.78 is 6.10. The summed E-state index contributed by atoms with van der Waals surface area (Å²) in [6.45, 7) is 6.49. The molecule has 0 saturated carbocycles. The first-order valence-corrected chi connectivity index (χ1v) is 11.7. The van der Waals surface area contributed by atoms with E-state index in [2.05, 4.69) is 54.3 Å². The summed E-state index contributed by atoms with van der Waals surface area (Å²) in [4.78, 5) is 20.9. The zero-order chi connectivity index (χ0) is 23.7. The van der Waals surface area contributed by atoms with E-state index in [4.69, 9.17) is 4.74 Å². The molecule has 1 aliphatic heterocycles. The van der Waals surface area contributed by atoms with Crippen LogP contribution in [0.25, 0.3) is 0 Å². The molecule has 5 nitrogen and oxygen atoms in total. The summed E-state index contributed by atoms with van der Waals surface area (Å²) in [5, 5.41) is 3.24. The van der Waals surface area contributed by atoms with Crippen molar-refractivity contribution in [3.05, 3.63) is 107 Å². The lowest BCUT2D eigenvalue weighted by Gasteiger charge is -2.28. The highest BCUT2D eigenvalue weighted by Gasteiger charge is 2.29. The number of carbonyl (C=O) groups is 1. The fourth-order valence-electron chi connectivity index (χ4n) is 4.66. The lowest BCUT2D eigenvalue weighted by Crippen LogP contribution is -2.22. The number of halogens is 1. The van der Waals surface area contributed by atoms with Crippen LogP contribution in [0.3, 0.4) is 0 Å². The first kappa shape index (κ1) is 24.6. The standard InChI is InChI=1S/C29H29N3O2.ClH/c1-29(2,3)23-13-12-19(17-27-30-14-15-31-27)16-24(23)32-28(33)18-22-20-8-4-6-10-25(20)34-26-11-7-5-9-21(22)26;/h4-16,22H,17-18H2,1-3H3,(H,30,31)(H,32,33);1H. The molecule has 0 bridgehead atoms. The second-order valence-corrected chi connectivity index (χ2v) is 9.83. The number of ether oxygens (including phenoxy) is 1. The van der Waals surface area contributed by atoms with Gasteiger partial charge in [-0.15, -0.1) is 12.4 Å². The van der Waals surface area contributed by atoms with Gasteiger partial charge in [-0.05, 0) is 34.7 Å². The number of fused-ring (bicyclic) bond motifs is 2. The van der Waals surface area contributed by atoms with Crippen LogP contribution in [0.5, 0.6) is 11.5 Å². The molecule has 2 heterocycles. The summed E-state index contributed by atoms with van der Waals surface area (Å²) in [6.07, 6.45) is 4.60. The van der Waals surface area contributed by atoms with Crippen LogP contribution in [0, 0.1) is 0 Å². The minimum absolute atomic E-state index is 0. The first-order valence-electron chi connectivity index (χ1n) is 11.7. The molecule has 35 heavy (non-hydrogen) atoms. The van der Waals surface area contributed by atoms with Crippen LogP contribution in [-0.2, 0) is 16.6 Å². The Morgan fingerprint density at radius 3 is 2.26 bits per heavy atom. The van der Waals surface area contributed by atoms with E-state index >= 15 is 0 Å². The predicted molar refractivity (Wildman–Crippen MR) is 142 cm³/mol. The molecule has 0 spiro atoms. The fourth-order valence-corrected chi connectivity index (χ4v) is 4.66. The maximum Gasteiger partial charge on any atom is 0.225 e. The number of H-pyrrole nitrogens is 1. The smallest absolute Gasteiger partial charge is 0.225 e. The summed E-state index contributed by atoms with van der Waals surface area (Å²) >= 11 is 0. The number of benzene rings is 3. The van der Waals surface area contributed by atoms with E-state index in [0.29, 0.717) is 12.8 Å². The predicted octanol–water partition coefficient (Wildman–Crippen LogP) is 6.99. The highest BCUT2D eigenvalue weighted by molar-refractivity contribution is 5.93. The lowest BCUT2D eigenvalue weighted by atomic mass is 9.84. The van der Waals surface area contributed by atoms with Crippen LogP contribution in [0.15, 0.2) is 79.1 Å². The topological polar surface area (TPSA) is 67.0 Å². The van der Waals surface area contributed by atoms with Gasteiger partial charge in [0.2, 0.25) is 5.91 Å². The SMILES string of the molecule is CC(C)(C)c1ccc(Cc2ncc[nH]2)cc1NC(=O)CC1c2ccccc2Oc2ccccc21.Cl. The van der Waals surface area contributed by atoms with E-state index in [0.717, 1.165) is 45.3 Å². The van der Waals surface area contributed by atoms with Crippen molar-refractivity contribution < 1.29 is 9.53 Å². The zero-order valence-electron chi connectivity index (χ0n) is 20.2. The number of anilines is 1. The molecule has 1 aliphatic rings. The van der Waals surface area contributed by atoms with Crippen molar-refractivity contribution in [2.75, 3.05) is 5.32 Å². The van der Waals surface area contributed by atoms with Gasteiger partial charge in [0.25, 0.3) is 0 Å². The Hall–Kier alpha value is -3.57. The Kier molecular flexibility index (Phi) is 6.99. The van der Waals surface area contributed by atoms with Gasteiger partial charge >= 0.3 is 0 Å². The van der Waals surface area contributed by atoms with E-state index in [1.165, 1.54) is 0 Å². The Balaban J connectivity index is 0.00000289. The number of para-hydroxylation sites is 2. The number of nitrogens with zero attached hydrogens (tertiary/aromatic N) is 1. The van der Waals surface area contributed by atoms with Gasteiger partial charge in [0, 0.05) is 48.0 Å². The maximum absolute atomic E-state index is 13.4. The number of nitrogens with one attached hydrogen (secondary N) is 2. The number of rotatable bonds is 5. The largest absolute Gasteiger partial charge is 0.457 e. The van der Waals surface area contributed by atoms with E-state index < -0.39 is 0 Å². The highest BCUT2D eigenvalue weighted by Crippen LogP contribution is 2.45. The van der Waals surface area contributed by atoms with Gasteiger partial charge in [0.1, 0.15) is 17.3 Å². The Bertz CT molecular complexity index is 1280. The zero-order valence-corrected chi connectivity index (χ0v) is 21.0. The molecule has 0 unspecified atom stereocenters. The maximum atomic E-state index is 13.4. The van der Waals surface area contributed by atoms with Gasteiger partial charge in [-0.3, -0.25) is 4.79 Å². The number of imidazole rings is 1. The summed E-state index contributed by atoms with van der Waals surface area (Å²) in [7, 11) is 0. The molecule has 0 aliphatic carbocycles. The average molecular weight is 488 g/mol. The Labute approximate surface area is 212 Å².